The summed E-state index contributed by atoms with van der Waals surface area (Å²) < 4.78 is 32.2. The van der Waals surface area contributed by atoms with Crippen LogP contribution in [0.2, 0.25) is 5.02 Å². The van der Waals surface area contributed by atoms with Crippen molar-refractivity contribution in [2.75, 3.05) is 7.11 Å². The molecule has 2 atom stereocenters. The molecule has 0 aliphatic heterocycles. The monoisotopic (exact) mass is 303 g/mol. The number of methoxy groups -OCH3 is 1. The first kappa shape index (κ1) is 14.6. The van der Waals surface area contributed by atoms with Gasteiger partial charge in [-0.1, -0.05) is 18.5 Å². The first-order valence-corrected chi connectivity index (χ1v) is 8.14. The largest absolute Gasteiger partial charge is 0.495 e. The average Bonchev–Trinajstić information content (AvgIpc) is 2.73. The SMILES string of the molecule is COc1ccc(S(=O)(=O)NC2CCC(C)C2)cc1Cl. The van der Waals surface area contributed by atoms with Gasteiger partial charge >= 0.3 is 0 Å². The molecule has 2 rings (SSSR count). The van der Waals surface area contributed by atoms with Crippen molar-refractivity contribution in [3.8, 4) is 5.75 Å². The zero-order valence-corrected chi connectivity index (χ0v) is 12.6. The predicted molar refractivity (Wildman–Crippen MR) is 75.1 cm³/mol. The fraction of sp³-hybridized carbons (Fsp3) is 0.538. The van der Waals surface area contributed by atoms with E-state index in [1.807, 2.05) is 0 Å². The first-order valence-electron chi connectivity index (χ1n) is 6.28. The summed E-state index contributed by atoms with van der Waals surface area (Å²) in [5, 5.41) is 0.296. The highest BCUT2D eigenvalue weighted by Gasteiger charge is 2.26. The van der Waals surface area contributed by atoms with Crippen molar-refractivity contribution in [1.29, 1.82) is 0 Å². The van der Waals surface area contributed by atoms with Crippen LogP contribution in [0.3, 0.4) is 0 Å². The lowest BCUT2D eigenvalue weighted by Crippen LogP contribution is -2.32. The van der Waals surface area contributed by atoms with Gasteiger partial charge in [0.1, 0.15) is 5.75 Å². The summed E-state index contributed by atoms with van der Waals surface area (Å²) in [5.41, 5.74) is 0. The molecular formula is C13H18ClNO3S. The lowest BCUT2D eigenvalue weighted by Gasteiger charge is -2.13. The molecule has 1 fully saturated rings. The molecule has 1 aromatic rings. The lowest BCUT2D eigenvalue weighted by molar-refractivity contribution is 0.414. The molecule has 1 aliphatic carbocycles. The number of halogens is 1. The van der Waals surface area contributed by atoms with Crippen molar-refractivity contribution >= 4 is 21.6 Å². The fourth-order valence-corrected chi connectivity index (χ4v) is 4.05. The van der Waals surface area contributed by atoms with Gasteiger partial charge in [-0.15, -0.1) is 0 Å². The molecule has 1 N–H and O–H groups in total. The molecule has 6 heteroatoms. The second-order valence-electron chi connectivity index (χ2n) is 5.03. The van der Waals surface area contributed by atoms with Gasteiger partial charge in [-0.3, -0.25) is 0 Å². The Morgan fingerprint density at radius 1 is 1.37 bits per heavy atom. The summed E-state index contributed by atoms with van der Waals surface area (Å²) in [6.07, 6.45) is 2.85. The number of hydrogen-bond acceptors (Lipinski definition) is 3. The summed E-state index contributed by atoms with van der Waals surface area (Å²) >= 11 is 5.96. The van der Waals surface area contributed by atoms with Crippen LogP contribution in [-0.4, -0.2) is 21.6 Å². The first-order chi connectivity index (χ1) is 8.92. The van der Waals surface area contributed by atoms with E-state index >= 15 is 0 Å². The van der Waals surface area contributed by atoms with Crippen molar-refractivity contribution in [2.24, 2.45) is 5.92 Å². The second-order valence-corrected chi connectivity index (χ2v) is 7.15. The normalized spacial score (nSPS) is 23.5. The van der Waals surface area contributed by atoms with Crippen LogP contribution in [0.5, 0.6) is 5.75 Å². The Morgan fingerprint density at radius 2 is 2.11 bits per heavy atom. The quantitative estimate of drug-likeness (QED) is 0.930. The third-order valence-electron chi connectivity index (χ3n) is 3.45. The highest BCUT2D eigenvalue weighted by molar-refractivity contribution is 7.89. The van der Waals surface area contributed by atoms with Crippen LogP contribution in [0.25, 0.3) is 0 Å². The van der Waals surface area contributed by atoms with Gasteiger partial charge in [0.05, 0.1) is 17.0 Å². The molecule has 1 saturated carbocycles. The van der Waals surface area contributed by atoms with E-state index in [2.05, 4.69) is 11.6 Å². The number of nitrogens with one attached hydrogen (secondary N) is 1. The zero-order valence-electron chi connectivity index (χ0n) is 11.0. The Balaban J connectivity index is 2.17. The van der Waals surface area contributed by atoms with Crippen molar-refractivity contribution in [2.45, 2.75) is 37.1 Å². The molecule has 1 aliphatic rings. The van der Waals surface area contributed by atoms with E-state index in [0.29, 0.717) is 16.7 Å². The Morgan fingerprint density at radius 3 is 2.63 bits per heavy atom. The minimum atomic E-state index is -3.50. The fourth-order valence-electron chi connectivity index (χ4n) is 2.42. The van der Waals surface area contributed by atoms with Crippen LogP contribution in [0, 0.1) is 5.92 Å². The number of sulfonamides is 1. The Hall–Kier alpha value is -0.780. The van der Waals surface area contributed by atoms with Crippen LogP contribution < -0.4 is 9.46 Å². The van der Waals surface area contributed by atoms with Gasteiger partial charge < -0.3 is 4.74 Å². The van der Waals surface area contributed by atoms with Crippen molar-refractivity contribution in [3.05, 3.63) is 23.2 Å². The standard InChI is InChI=1S/C13H18ClNO3S/c1-9-3-4-10(7-9)15-19(16,17)11-5-6-13(18-2)12(14)8-11/h5-6,8-10,15H,3-4,7H2,1-2H3. The van der Waals surface area contributed by atoms with Crippen LogP contribution in [0.15, 0.2) is 23.1 Å². The maximum atomic E-state index is 12.2. The summed E-state index contributed by atoms with van der Waals surface area (Å²) in [6, 6.07) is 4.52. The molecule has 0 saturated heterocycles. The topological polar surface area (TPSA) is 55.4 Å². The third-order valence-corrected chi connectivity index (χ3v) is 5.26. The molecule has 0 aromatic heterocycles. The third kappa shape index (κ3) is 3.41. The summed E-state index contributed by atoms with van der Waals surface area (Å²) in [6.45, 7) is 2.14. The maximum Gasteiger partial charge on any atom is 0.240 e. The maximum absolute atomic E-state index is 12.2. The lowest BCUT2D eigenvalue weighted by atomic mass is 10.1. The summed E-state index contributed by atoms with van der Waals surface area (Å²) in [5.74, 6) is 1.04. The number of rotatable bonds is 4. The van der Waals surface area contributed by atoms with Crippen molar-refractivity contribution < 1.29 is 13.2 Å². The minimum absolute atomic E-state index is 0.0286. The van der Waals surface area contributed by atoms with E-state index in [9.17, 15) is 8.42 Å². The van der Waals surface area contributed by atoms with Gasteiger partial charge in [0.25, 0.3) is 0 Å². The van der Waals surface area contributed by atoms with Gasteiger partial charge in [0, 0.05) is 6.04 Å². The van der Waals surface area contributed by atoms with Gasteiger partial charge in [-0.05, 0) is 43.4 Å². The van der Waals surface area contributed by atoms with Crippen LogP contribution in [-0.2, 0) is 10.0 Å². The Kier molecular flexibility index (Phi) is 4.38. The average molecular weight is 304 g/mol. The Bertz CT molecular complexity index is 559. The van der Waals surface area contributed by atoms with Crippen molar-refractivity contribution in [1.82, 2.24) is 4.72 Å². The molecule has 0 radical (unpaired) electrons. The second kappa shape index (κ2) is 5.69. The number of hydrogen-bond donors (Lipinski definition) is 1. The van der Waals surface area contributed by atoms with Gasteiger partial charge in [-0.25, -0.2) is 13.1 Å². The molecule has 106 valence electrons. The zero-order chi connectivity index (χ0) is 14.0. The highest BCUT2D eigenvalue weighted by atomic mass is 35.5. The van der Waals surface area contributed by atoms with Gasteiger partial charge in [0.15, 0.2) is 0 Å². The van der Waals surface area contributed by atoms with E-state index in [1.165, 1.54) is 19.2 Å². The molecule has 0 bridgehead atoms. The van der Waals surface area contributed by atoms with E-state index in [-0.39, 0.29) is 10.9 Å². The highest BCUT2D eigenvalue weighted by Crippen LogP contribution is 2.29. The van der Waals surface area contributed by atoms with E-state index < -0.39 is 10.0 Å². The molecule has 2 unspecified atom stereocenters. The van der Waals surface area contributed by atoms with Crippen LogP contribution >= 0.6 is 11.6 Å². The van der Waals surface area contributed by atoms with E-state index in [0.717, 1.165) is 19.3 Å². The van der Waals surface area contributed by atoms with Gasteiger partial charge in [0.2, 0.25) is 10.0 Å². The van der Waals surface area contributed by atoms with Crippen LogP contribution in [0.1, 0.15) is 26.2 Å². The predicted octanol–water partition coefficient (Wildman–Crippen LogP) is 2.82. The molecule has 4 nitrogen and oxygen atoms in total. The number of ether oxygens (including phenoxy) is 1. The summed E-state index contributed by atoms with van der Waals surface area (Å²) in [4.78, 5) is 0.179. The molecule has 0 spiro atoms. The Labute approximate surface area is 119 Å². The minimum Gasteiger partial charge on any atom is -0.495 e. The number of benzene rings is 1. The molecular weight excluding hydrogens is 286 g/mol. The van der Waals surface area contributed by atoms with Gasteiger partial charge in [-0.2, -0.15) is 0 Å². The smallest absolute Gasteiger partial charge is 0.240 e. The molecule has 0 amide bonds. The molecule has 19 heavy (non-hydrogen) atoms. The van der Waals surface area contributed by atoms with Crippen molar-refractivity contribution in [3.63, 3.8) is 0 Å². The molecule has 1 aromatic carbocycles. The molecule has 0 heterocycles. The van der Waals surface area contributed by atoms with Crippen LogP contribution in [0.4, 0.5) is 0 Å². The van der Waals surface area contributed by atoms with E-state index in [4.69, 9.17) is 16.3 Å². The van der Waals surface area contributed by atoms with E-state index in [1.54, 1.807) is 6.07 Å². The summed E-state index contributed by atoms with van der Waals surface area (Å²) in [7, 11) is -2.01.